The Morgan fingerprint density at radius 2 is 1.35 bits per heavy atom. The zero-order valence-corrected chi connectivity index (χ0v) is 14.6. The lowest BCUT2D eigenvalue weighted by atomic mass is 10.1. The van der Waals surface area contributed by atoms with Gasteiger partial charge in [-0.1, -0.05) is 60.2 Å². The predicted octanol–water partition coefficient (Wildman–Crippen LogP) is 5.79. The standard InChI is InChI=1S/C17H31BrO2/c1-20-17(19)15-13-11-9-7-5-3-2-4-6-8-10-12-14-16-18/h2,4H,3,5-16H2,1H3/b4-2+. The van der Waals surface area contributed by atoms with Crippen molar-refractivity contribution < 1.29 is 9.53 Å². The second-order valence-corrected chi connectivity index (χ2v) is 6.04. The molecule has 0 aromatic carbocycles. The molecule has 0 aromatic rings. The van der Waals surface area contributed by atoms with E-state index >= 15 is 0 Å². The van der Waals surface area contributed by atoms with Gasteiger partial charge in [0, 0.05) is 11.8 Å². The summed E-state index contributed by atoms with van der Waals surface area (Å²) in [4.78, 5) is 10.9. The Bertz CT molecular complexity index is 239. The van der Waals surface area contributed by atoms with Gasteiger partial charge in [0.05, 0.1) is 7.11 Å². The maximum Gasteiger partial charge on any atom is 0.305 e. The number of hydrogen-bond acceptors (Lipinski definition) is 2. The van der Waals surface area contributed by atoms with Crippen molar-refractivity contribution in [1.29, 1.82) is 0 Å². The Morgan fingerprint density at radius 1 is 0.850 bits per heavy atom. The third-order valence-electron chi connectivity index (χ3n) is 3.40. The number of carbonyl (C=O) groups excluding carboxylic acids is 1. The molecule has 0 saturated heterocycles. The molecule has 3 heteroatoms. The number of ether oxygens (including phenoxy) is 1. The van der Waals surface area contributed by atoms with Gasteiger partial charge in [-0.3, -0.25) is 4.79 Å². The van der Waals surface area contributed by atoms with Crippen LogP contribution < -0.4 is 0 Å². The highest BCUT2D eigenvalue weighted by atomic mass is 79.9. The van der Waals surface area contributed by atoms with Crippen LogP contribution in [0, 0.1) is 0 Å². The van der Waals surface area contributed by atoms with Crippen molar-refractivity contribution in [2.45, 2.75) is 77.0 Å². The lowest BCUT2D eigenvalue weighted by molar-refractivity contribution is -0.140. The average molecular weight is 347 g/mol. The molecule has 0 unspecified atom stereocenters. The molecule has 0 aromatic heterocycles. The maximum atomic E-state index is 10.9. The zero-order valence-electron chi connectivity index (χ0n) is 13.0. The molecule has 20 heavy (non-hydrogen) atoms. The summed E-state index contributed by atoms with van der Waals surface area (Å²) in [5, 5.41) is 1.14. The average Bonchev–Trinajstić information content (AvgIpc) is 2.47. The molecule has 0 aliphatic heterocycles. The van der Waals surface area contributed by atoms with Crippen molar-refractivity contribution in [1.82, 2.24) is 0 Å². The maximum absolute atomic E-state index is 10.9. The number of esters is 1. The van der Waals surface area contributed by atoms with E-state index < -0.39 is 0 Å². The highest BCUT2D eigenvalue weighted by molar-refractivity contribution is 9.09. The zero-order chi connectivity index (χ0) is 14.9. The molecular formula is C17H31BrO2. The van der Waals surface area contributed by atoms with Gasteiger partial charge in [-0.05, 0) is 38.5 Å². The van der Waals surface area contributed by atoms with Crippen LogP contribution in [0.4, 0.5) is 0 Å². The van der Waals surface area contributed by atoms with E-state index in [1.54, 1.807) is 0 Å². The summed E-state index contributed by atoms with van der Waals surface area (Å²) in [5.74, 6) is -0.0796. The van der Waals surface area contributed by atoms with E-state index in [9.17, 15) is 4.79 Å². The van der Waals surface area contributed by atoms with Crippen LogP contribution in [0.1, 0.15) is 77.0 Å². The van der Waals surface area contributed by atoms with Crippen molar-refractivity contribution in [3.8, 4) is 0 Å². The fraction of sp³-hybridized carbons (Fsp3) is 0.824. The number of carbonyl (C=O) groups is 1. The van der Waals surface area contributed by atoms with E-state index in [4.69, 9.17) is 0 Å². The molecule has 0 atom stereocenters. The number of unbranched alkanes of at least 4 members (excludes halogenated alkanes) is 9. The monoisotopic (exact) mass is 346 g/mol. The molecule has 0 rings (SSSR count). The van der Waals surface area contributed by atoms with Crippen molar-refractivity contribution in [2.75, 3.05) is 12.4 Å². The number of hydrogen-bond donors (Lipinski definition) is 0. The van der Waals surface area contributed by atoms with Crippen LogP contribution in [-0.4, -0.2) is 18.4 Å². The number of methoxy groups -OCH3 is 1. The minimum absolute atomic E-state index is 0.0796. The first-order chi connectivity index (χ1) is 9.81. The molecule has 0 fully saturated rings. The predicted molar refractivity (Wildman–Crippen MR) is 90.4 cm³/mol. The van der Waals surface area contributed by atoms with E-state index in [-0.39, 0.29) is 5.97 Å². The summed E-state index contributed by atoms with van der Waals surface area (Å²) in [6, 6.07) is 0. The summed E-state index contributed by atoms with van der Waals surface area (Å²) in [7, 11) is 1.45. The number of alkyl halides is 1. The molecule has 0 bridgehead atoms. The van der Waals surface area contributed by atoms with Crippen molar-refractivity contribution in [3.63, 3.8) is 0 Å². The minimum atomic E-state index is -0.0796. The molecule has 0 N–H and O–H groups in total. The van der Waals surface area contributed by atoms with Crippen LogP contribution in [0.2, 0.25) is 0 Å². The van der Waals surface area contributed by atoms with E-state index in [1.807, 2.05) is 0 Å². The van der Waals surface area contributed by atoms with Crippen LogP contribution >= 0.6 is 15.9 Å². The normalized spacial score (nSPS) is 11.1. The first-order valence-electron chi connectivity index (χ1n) is 8.09. The Morgan fingerprint density at radius 3 is 1.90 bits per heavy atom. The Kier molecular flexibility index (Phi) is 16.5. The fourth-order valence-corrected chi connectivity index (χ4v) is 2.51. The molecule has 0 aliphatic rings. The van der Waals surface area contributed by atoms with Gasteiger partial charge in [-0.2, -0.15) is 0 Å². The second-order valence-electron chi connectivity index (χ2n) is 5.25. The lowest BCUT2D eigenvalue weighted by Crippen LogP contribution is -1.98. The second kappa shape index (κ2) is 16.7. The van der Waals surface area contributed by atoms with Gasteiger partial charge in [-0.25, -0.2) is 0 Å². The van der Waals surface area contributed by atoms with E-state index in [2.05, 4.69) is 32.8 Å². The summed E-state index contributed by atoms with van der Waals surface area (Å²) in [6.45, 7) is 0. The smallest absolute Gasteiger partial charge is 0.305 e. The molecule has 0 saturated carbocycles. The Balaban J connectivity index is 3.10. The van der Waals surface area contributed by atoms with Crippen molar-refractivity contribution >= 4 is 21.9 Å². The summed E-state index contributed by atoms with van der Waals surface area (Å²) >= 11 is 3.46. The number of allylic oxidation sites excluding steroid dienone is 2. The molecule has 0 radical (unpaired) electrons. The van der Waals surface area contributed by atoms with Gasteiger partial charge in [0.25, 0.3) is 0 Å². The van der Waals surface area contributed by atoms with Gasteiger partial charge >= 0.3 is 5.97 Å². The molecule has 2 nitrogen and oxygen atoms in total. The van der Waals surface area contributed by atoms with E-state index in [0.29, 0.717) is 6.42 Å². The molecular weight excluding hydrogens is 316 g/mol. The molecule has 0 heterocycles. The van der Waals surface area contributed by atoms with Crippen molar-refractivity contribution in [3.05, 3.63) is 12.2 Å². The van der Waals surface area contributed by atoms with Gasteiger partial charge in [0.2, 0.25) is 0 Å². The van der Waals surface area contributed by atoms with Crippen molar-refractivity contribution in [2.24, 2.45) is 0 Å². The quantitative estimate of drug-likeness (QED) is 0.172. The first kappa shape index (κ1) is 19.7. The minimum Gasteiger partial charge on any atom is -0.469 e. The van der Waals surface area contributed by atoms with E-state index in [1.165, 1.54) is 64.9 Å². The Hall–Kier alpha value is -0.310. The third kappa shape index (κ3) is 15.7. The molecule has 0 aliphatic carbocycles. The van der Waals surface area contributed by atoms with Gasteiger partial charge in [0.15, 0.2) is 0 Å². The highest BCUT2D eigenvalue weighted by Crippen LogP contribution is 2.09. The third-order valence-corrected chi connectivity index (χ3v) is 3.96. The lowest BCUT2D eigenvalue weighted by Gasteiger charge is -2.00. The van der Waals surface area contributed by atoms with Gasteiger partial charge < -0.3 is 4.74 Å². The largest absolute Gasteiger partial charge is 0.469 e. The number of rotatable bonds is 14. The van der Waals surface area contributed by atoms with Crippen LogP contribution in [0.25, 0.3) is 0 Å². The SMILES string of the molecule is COC(=O)CCCCCCC/C=C/CCCCCCBr. The molecule has 118 valence electrons. The molecule has 0 spiro atoms. The van der Waals surface area contributed by atoms with Gasteiger partial charge in [0.1, 0.15) is 0 Å². The van der Waals surface area contributed by atoms with Crippen LogP contribution in [0.5, 0.6) is 0 Å². The van der Waals surface area contributed by atoms with Crippen LogP contribution in [-0.2, 0) is 9.53 Å². The van der Waals surface area contributed by atoms with E-state index in [0.717, 1.165) is 18.2 Å². The van der Waals surface area contributed by atoms with Crippen LogP contribution in [0.3, 0.4) is 0 Å². The summed E-state index contributed by atoms with van der Waals surface area (Å²) < 4.78 is 4.61. The fourth-order valence-electron chi connectivity index (χ4n) is 2.11. The summed E-state index contributed by atoms with van der Waals surface area (Å²) in [6.07, 6.45) is 18.9. The molecule has 0 amide bonds. The Labute approximate surface area is 133 Å². The summed E-state index contributed by atoms with van der Waals surface area (Å²) in [5.41, 5.74) is 0. The highest BCUT2D eigenvalue weighted by Gasteiger charge is 1.98. The van der Waals surface area contributed by atoms with Gasteiger partial charge in [-0.15, -0.1) is 0 Å². The van der Waals surface area contributed by atoms with Crippen LogP contribution in [0.15, 0.2) is 12.2 Å². The number of halogens is 1. The topological polar surface area (TPSA) is 26.3 Å². The first-order valence-corrected chi connectivity index (χ1v) is 9.21.